The minimum Gasteiger partial charge on any atom is -0.439 e. The predicted octanol–water partition coefficient (Wildman–Crippen LogP) is 3.31. The maximum Gasteiger partial charge on any atom is 0.252 e. The van der Waals surface area contributed by atoms with Crippen LogP contribution in [0.1, 0.15) is 52.0 Å². The zero-order valence-electron chi connectivity index (χ0n) is 14.2. The first-order valence-electron chi connectivity index (χ1n) is 8.10. The summed E-state index contributed by atoms with van der Waals surface area (Å²) in [6.07, 6.45) is 1.67. The minimum absolute atomic E-state index is 0.0654. The quantitative estimate of drug-likeness (QED) is 0.943. The molecule has 1 fully saturated rings. The van der Waals surface area contributed by atoms with Gasteiger partial charge in [-0.25, -0.2) is 4.98 Å². The summed E-state index contributed by atoms with van der Waals surface area (Å²) >= 11 is 0. The van der Waals surface area contributed by atoms with Crippen molar-refractivity contribution in [2.75, 3.05) is 6.61 Å². The van der Waals surface area contributed by atoms with Gasteiger partial charge in [-0.05, 0) is 42.9 Å². The molecule has 5 nitrogen and oxygen atoms in total. The average molecular weight is 316 g/mol. The van der Waals surface area contributed by atoms with Crippen molar-refractivity contribution in [2.45, 2.75) is 58.1 Å². The number of aromatic nitrogens is 1. The summed E-state index contributed by atoms with van der Waals surface area (Å²) in [5.74, 6) is 0.411. The Labute approximate surface area is 136 Å². The number of rotatable bonds is 3. The molecule has 124 valence electrons. The highest BCUT2D eigenvalue weighted by Gasteiger charge is 2.37. The number of nitrogens with one attached hydrogen (secondary N) is 1. The van der Waals surface area contributed by atoms with Crippen molar-refractivity contribution in [1.82, 2.24) is 10.3 Å². The molecular formula is C18H24N2O3. The van der Waals surface area contributed by atoms with E-state index in [1.165, 1.54) is 5.56 Å². The Balaban J connectivity index is 1.72. The van der Waals surface area contributed by atoms with Gasteiger partial charge in [0.2, 0.25) is 5.89 Å². The third kappa shape index (κ3) is 3.24. The molecule has 1 aromatic heterocycles. The van der Waals surface area contributed by atoms with Gasteiger partial charge in [0, 0.05) is 6.61 Å². The molecular weight excluding hydrogens is 292 g/mol. The molecule has 2 aromatic rings. The van der Waals surface area contributed by atoms with E-state index in [2.05, 4.69) is 37.1 Å². The number of oxazole rings is 1. The highest BCUT2D eigenvalue weighted by molar-refractivity contribution is 5.85. The maximum absolute atomic E-state index is 12.2. The van der Waals surface area contributed by atoms with Gasteiger partial charge in [-0.3, -0.25) is 4.79 Å². The van der Waals surface area contributed by atoms with E-state index in [0.29, 0.717) is 12.5 Å². The normalized spacial score (nSPS) is 21.7. The van der Waals surface area contributed by atoms with Crippen LogP contribution in [-0.2, 0) is 21.5 Å². The minimum atomic E-state index is -0.717. The summed E-state index contributed by atoms with van der Waals surface area (Å²) in [6.45, 7) is 9.24. The van der Waals surface area contributed by atoms with E-state index in [4.69, 9.17) is 9.15 Å². The summed E-state index contributed by atoms with van der Waals surface area (Å²) in [5.41, 5.74) is 2.12. The first-order valence-corrected chi connectivity index (χ1v) is 8.10. The van der Waals surface area contributed by atoms with Gasteiger partial charge in [-0.1, -0.05) is 26.8 Å². The van der Waals surface area contributed by atoms with Crippen molar-refractivity contribution in [1.29, 1.82) is 0 Å². The van der Waals surface area contributed by atoms with E-state index < -0.39 is 5.60 Å². The maximum atomic E-state index is 12.2. The lowest BCUT2D eigenvalue weighted by atomic mass is 9.87. The van der Waals surface area contributed by atoms with Gasteiger partial charge in [-0.15, -0.1) is 0 Å². The van der Waals surface area contributed by atoms with Gasteiger partial charge >= 0.3 is 0 Å². The smallest absolute Gasteiger partial charge is 0.252 e. The summed E-state index contributed by atoms with van der Waals surface area (Å²) in [5, 5.41) is 2.87. The highest BCUT2D eigenvalue weighted by atomic mass is 16.5. The number of benzene rings is 1. The summed E-state index contributed by atoms with van der Waals surface area (Å²) in [7, 11) is 0. The second-order valence-corrected chi connectivity index (χ2v) is 7.41. The fourth-order valence-corrected chi connectivity index (χ4v) is 2.82. The largest absolute Gasteiger partial charge is 0.439 e. The Morgan fingerprint density at radius 1 is 1.39 bits per heavy atom. The van der Waals surface area contributed by atoms with E-state index in [1.54, 1.807) is 0 Å². The van der Waals surface area contributed by atoms with Crippen LogP contribution >= 0.6 is 0 Å². The topological polar surface area (TPSA) is 64.4 Å². The molecule has 5 heteroatoms. The first kappa shape index (κ1) is 16.0. The van der Waals surface area contributed by atoms with Crippen LogP contribution in [0.3, 0.4) is 0 Å². The lowest BCUT2D eigenvalue weighted by Gasteiger charge is -2.21. The second kappa shape index (κ2) is 5.64. The standard InChI is InChI=1S/C18H24N2O3/c1-17(2,3)12-6-7-14-13(10-12)20-15(23-14)11-19-16(21)18(4)8-5-9-22-18/h6-7,10H,5,8-9,11H2,1-4H3,(H,19,21). The Kier molecular flexibility index (Phi) is 3.92. The third-order valence-electron chi connectivity index (χ3n) is 4.40. The molecule has 1 atom stereocenters. The third-order valence-corrected chi connectivity index (χ3v) is 4.40. The SMILES string of the molecule is CC1(C(=O)NCc2nc3cc(C(C)(C)C)ccc3o2)CCCO1. The zero-order chi connectivity index (χ0) is 16.7. The van der Waals surface area contributed by atoms with Crippen molar-refractivity contribution < 1.29 is 13.9 Å². The number of ether oxygens (including phenoxy) is 1. The van der Waals surface area contributed by atoms with Gasteiger partial charge in [0.25, 0.3) is 5.91 Å². The fraction of sp³-hybridized carbons (Fsp3) is 0.556. The van der Waals surface area contributed by atoms with E-state index >= 15 is 0 Å². The predicted molar refractivity (Wildman–Crippen MR) is 88.1 cm³/mol. The molecule has 1 aliphatic rings. The van der Waals surface area contributed by atoms with Crippen LogP contribution in [0, 0.1) is 0 Å². The zero-order valence-corrected chi connectivity index (χ0v) is 14.2. The fourth-order valence-electron chi connectivity index (χ4n) is 2.82. The molecule has 1 aliphatic heterocycles. The molecule has 2 heterocycles. The molecule has 0 aliphatic carbocycles. The number of nitrogens with zero attached hydrogens (tertiary/aromatic N) is 1. The molecule has 1 aromatic carbocycles. The van der Waals surface area contributed by atoms with Crippen molar-refractivity contribution in [3.05, 3.63) is 29.7 Å². The van der Waals surface area contributed by atoms with Crippen LogP contribution in [0.15, 0.2) is 22.6 Å². The number of fused-ring (bicyclic) bond motifs is 1. The van der Waals surface area contributed by atoms with Crippen molar-refractivity contribution in [3.63, 3.8) is 0 Å². The molecule has 1 amide bonds. The Bertz CT molecular complexity index is 721. The molecule has 23 heavy (non-hydrogen) atoms. The van der Waals surface area contributed by atoms with Crippen LogP contribution in [-0.4, -0.2) is 23.1 Å². The molecule has 0 bridgehead atoms. The Morgan fingerprint density at radius 3 is 2.83 bits per heavy atom. The van der Waals surface area contributed by atoms with Gasteiger partial charge < -0.3 is 14.5 Å². The lowest BCUT2D eigenvalue weighted by molar-refractivity contribution is -0.139. The number of amides is 1. The van der Waals surface area contributed by atoms with Crippen LogP contribution in [0.5, 0.6) is 0 Å². The van der Waals surface area contributed by atoms with E-state index in [1.807, 2.05) is 19.1 Å². The average Bonchev–Trinajstić information content (AvgIpc) is 3.09. The first-order chi connectivity index (χ1) is 10.8. The molecule has 1 unspecified atom stereocenters. The molecule has 0 saturated carbocycles. The second-order valence-electron chi connectivity index (χ2n) is 7.41. The van der Waals surface area contributed by atoms with Crippen molar-refractivity contribution in [2.24, 2.45) is 0 Å². The van der Waals surface area contributed by atoms with Crippen LogP contribution in [0.2, 0.25) is 0 Å². The number of carbonyl (C=O) groups is 1. The number of carbonyl (C=O) groups excluding carboxylic acids is 1. The summed E-state index contributed by atoms with van der Waals surface area (Å²) in [4.78, 5) is 16.7. The Hall–Kier alpha value is -1.88. The van der Waals surface area contributed by atoms with Gasteiger partial charge in [-0.2, -0.15) is 0 Å². The molecule has 1 N–H and O–H groups in total. The lowest BCUT2D eigenvalue weighted by Crippen LogP contribution is -2.43. The van der Waals surface area contributed by atoms with Gasteiger partial charge in [0.1, 0.15) is 11.1 Å². The van der Waals surface area contributed by atoms with E-state index in [0.717, 1.165) is 23.9 Å². The van der Waals surface area contributed by atoms with E-state index in [9.17, 15) is 4.79 Å². The molecule has 0 spiro atoms. The van der Waals surface area contributed by atoms with E-state index in [-0.39, 0.29) is 17.9 Å². The van der Waals surface area contributed by atoms with Crippen LogP contribution in [0.25, 0.3) is 11.1 Å². The van der Waals surface area contributed by atoms with Crippen LogP contribution < -0.4 is 5.32 Å². The summed E-state index contributed by atoms with van der Waals surface area (Å²) in [6, 6.07) is 6.05. The molecule has 0 radical (unpaired) electrons. The molecule has 1 saturated heterocycles. The van der Waals surface area contributed by atoms with Crippen LogP contribution in [0.4, 0.5) is 0 Å². The monoisotopic (exact) mass is 316 g/mol. The van der Waals surface area contributed by atoms with Crippen molar-refractivity contribution in [3.8, 4) is 0 Å². The van der Waals surface area contributed by atoms with Gasteiger partial charge in [0.05, 0.1) is 6.54 Å². The highest BCUT2D eigenvalue weighted by Crippen LogP contribution is 2.27. The van der Waals surface area contributed by atoms with Gasteiger partial charge in [0.15, 0.2) is 5.58 Å². The number of hydrogen-bond donors (Lipinski definition) is 1. The Morgan fingerprint density at radius 2 is 2.17 bits per heavy atom. The van der Waals surface area contributed by atoms with Crippen molar-refractivity contribution >= 4 is 17.0 Å². The molecule has 3 rings (SSSR count). The summed E-state index contributed by atoms with van der Waals surface area (Å²) < 4.78 is 11.3. The number of hydrogen-bond acceptors (Lipinski definition) is 4.